The summed E-state index contributed by atoms with van der Waals surface area (Å²) in [6, 6.07) is 7.72. The van der Waals surface area contributed by atoms with E-state index in [-0.39, 0.29) is 6.61 Å². The first-order valence-electron chi connectivity index (χ1n) is 4.40. The van der Waals surface area contributed by atoms with Crippen LogP contribution in [0.2, 0.25) is 5.02 Å². The van der Waals surface area contributed by atoms with Gasteiger partial charge in [-0.2, -0.15) is 0 Å². The highest BCUT2D eigenvalue weighted by atomic mass is 35.5. The molecule has 0 atom stereocenters. The first-order valence-corrected chi connectivity index (χ1v) is 5.76. The number of ether oxygens (including phenoxy) is 1. The summed E-state index contributed by atoms with van der Waals surface area (Å²) in [5.74, 6) is 0.891. The molecule has 0 amide bonds. The van der Waals surface area contributed by atoms with Crippen LogP contribution in [0, 0.1) is 0 Å². The molecule has 4 heteroatoms. The van der Waals surface area contributed by atoms with Crippen molar-refractivity contribution >= 4 is 23.4 Å². The number of thioether (sulfide) groups is 1. The molecule has 0 radical (unpaired) electrons. The molecular weight excluding hydrogens is 220 g/mol. The fraction of sp³-hybridized carbons (Fsp3) is 0.400. The van der Waals surface area contributed by atoms with E-state index in [2.05, 4.69) is 0 Å². The monoisotopic (exact) mass is 232 g/mol. The first-order chi connectivity index (χ1) is 6.83. The maximum absolute atomic E-state index is 8.47. The molecule has 0 spiro atoms. The van der Waals surface area contributed by atoms with Gasteiger partial charge in [0.1, 0.15) is 0 Å². The molecule has 0 heterocycles. The van der Waals surface area contributed by atoms with Crippen molar-refractivity contribution in [2.45, 2.75) is 4.90 Å². The largest absolute Gasteiger partial charge is 0.394 e. The number of hydrogen-bond donors (Lipinski definition) is 1. The predicted octanol–water partition coefficient (Wildman–Crippen LogP) is 2.44. The van der Waals surface area contributed by atoms with Gasteiger partial charge in [-0.1, -0.05) is 11.6 Å². The van der Waals surface area contributed by atoms with Crippen molar-refractivity contribution in [3.63, 3.8) is 0 Å². The quantitative estimate of drug-likeness (QED) is 0.604. The predicted molar refractivity (Wildman–Crippen MR) is 60.1 cm³/mol. The van der Waals surface area contributed by atoms with Crippen LogP contribution in [0.5, 0.6) is 0 Å². The van der Waals surface area contributed by atoms with Gasteiger partial charge < -0.3 is 9.84 Å². The second-order valence-electron chi connectivity index (χ2n) is 2.64. The van der Waals surface area contributed by atoms with Crippen LogP contribution in [0.15, 0.2) is 29.2 Å². The van der Waals surface area contributed by atoms with Crippen LogP contribution in [-0.2, 0) is 4.74 Å². The summed E-state index contributed by atoms with van der Waals surface area (Å²) in [5, 5.41) is 9.22. The van der Waals surface area contributed by atoms with Crippen LogP contribution in [0.4, 0.5) is 0 Å². The van der Waals surface area contributed by atoms with Gasteiger partial charge in [0, 0.05) is 15.7 Å². The van der Waals surface area contributed by atoms with Crippen molar-refractivity contribution in [3.05, 3.63) is 29.3 Å². The molecule has 14 heavy (non-hydrogen) atoms. The molecule has 1 aromatic rings. The SMILES string of the molecule is OCCOCCSc1ccc(Cl)cc1. The molecule has 0 bridgehead atoms. The standard InChI is InChI=1S/C10H13ClO2S/c11-9-1-3-10(4-2-9)14-8-7-13-6-5-12/h1-4,12H,5-8H2. The van der Waals surface area contributed by atoms with E-state index in [1.807, 2.05) is 24.3 Å². The summed E-state index contributed by atoms with van der Waals surface area (Å²) in [4.78, 5) is 1.18. The highest BCUT2D eigenvalue weighted by molar-refractivity contribution is 7.99. The fourth-order valence-corrected chi connectivity index (χ4v) is 1.81. The zero-order valence-corrected chi connectivity index (χ0v) is 9.35. The van der Waals surface area contributed by atoms with Gasteiger partial charge in [-0.25, -0.2) is 0 Å². The lowest BCUT2D eigenvalue weighted by Gasteiger charge is -2.02. The second kappa shape index (κ2) is 7.12. The highest BCUT2D eigenvalue weighted by Crippen LogP contribution is 2.19. The number of benzene rings is 1. The summed E-state index contributed by atoms with van der Waals surface area (Å²) in [6.45, 7) is 1.17. The molecule has 1 N–H and O–H groups in total. The topological polar surface area (TPSA) is 29.5 Å². The van der Waals surface area contributed by atoms with E-state index < -0.39 is 0 Å². The number of rotatable bonds is 6. The molecule has 1 aromatic carbocycles. The first kappa shape index (κ1) is 11.9. The van der Waals surface area contributed by atoms with E-state index in [1.54, 1.807) is 11.8 Å². The van der Waals surface area contributed by atoms with E-state index in [0.717, 1.165) is 10.8 Å². The highest BCUT2D eigenvalue weighted by Gasteiger charge is 1.94. The average Bonchev–Trinajstić information content (AvgIpc) is 2.21. The Balaban J connectivity index is 2.15. The second-order valence-corrected chi connectivity index (χ2v) is 4.24. The normalized spacial score (nSPS) is 10.4. The summed E-state index contributed by atoms with van der Waals surface area (Å²) in [7, 11) is 0. The molecule has 0 fully saturated rings. The molecule has 78 valence electrons. The third-order valence-corrected chi connectivity index (χ3v) is 2.77. The number of aliphatic hydroxyl groups is 1. The number of halogens is 1. The maximum atomic E-state index is 8.47. The fourth-order valence-electron chi connectivity index (χ4n) is 0.916. The Hall–Kier alpha value is -0.220. The van der Waals surface area contributed by atoms with Crippen LogP contribution in [0.3, 0.4) is 0 Å². The molecule has 1 rings (SSSR count). The Labute approximate surface area is 93.2 Å². The Bertz CT molecular complexity index is 251. The van der Waals surface area contributed by atoms with Crippen LogP contribution < -0.4 is 0 Å². The van der Waals surface area contributed by atoms with Gasteiger partial charge >= 0.3 is 0 Å². The van der Waals surface area contributed by atoms with Crippen LogP contribution in [0.25, 0.3) is 0 Å². The molecule has 0 unspecified atom stereocenters. The lowest BCUT2D eigenvalue weighted by Crippen LogP contribution is -2.02. The molecular formula is C10H13ClO2S. The third kappa shape index (κ3) is 4.86. The van der Waals surface area contributed by atoms with E-state index in [9.17, 15) is 0 Å². The van der Waals surface area contributed by atoms with E-state index >= 15 is 0 Å². The molecule has 0 aliphatic heterocycles. The van der Waals surface area contributed by atoms with Gasteiger partial charge in [-0.15, -0.1) is 11.8 Å². The third-order valence-electron chi connectivity index (χ3n) is 1.55. The molecule has 0 aliphatic rings. The van der Waals surface area contributed by atoms with Crippen LogP contribution >= 0.6 is 23.4 Å². The average molecular weight is 233 g/mol. The molecule has 2 nitrogen and oxygen atoms in total. The zero-order valence-electron chi connectivity index (χ0n) is 7.78. The van der Waals surface area contributed by atoms with Gasteiger partial charge in [0.15, 0.2) is 0 Å². The van der Waals surface area contributed by atoms with Crippen molar-refractivity contribution in [1.29, 1.82) is 0 Å². The van der Waals surface area contributed by atoms with Gasteiger partial charge in [0.05, 0.1) is 19.8 Å². The summed E-state index contributed by atoms with van der Waals surface area (Å²) in [6.07, 6.45) is 0. The van der Waals surface area contributed by atoms with Crippen LogP contribution in [0.1, 0.15) is 0 Å². The van der Waals surface area contributed by atoms with Crippen LogP contribution in [-0.4, -0.2) is 30.7 Å². The minimum Gasteiger partial charge on any atom is -0.394 e. The molecule has 0 aromatic heterocycles. The van der Waals surface area contributed by atoms with Gasteiger partial charge in [0.25, 0.3) is 0 Å². The van der Waals surface area contributed by atoms with E-state index in [1.165, 1.54) is 4.90 Å². The summed E-state index contributed by atoms with van der Waals surface area (Å²) in [5.41, 5.74) is 0. The van der Waals surface area contributed by atoms with Gasteiger partial charge in [-0.3, -0.25) is 0 Å². The van der Waals surface area contributed by atoms with E-state index in [0.29, 0.717) is 13.2 Å². The molecule has 0 saturated heterocycles. The minimum atomic E-state index is 0.0889. The minimum absolute atomic E-state index is 0.0889. The Kier molecular flexibility index (Phi) is 6.03. The number of hydrogen-bond acceptors (Lipinski definition) is 3. The van der Waals surface area contributed by atoms with Crippen molar-refractivity contribution in [3.8, 4) is 0 Å². The lowest BCUT2D eigenvalue weighted by atomic mass is 10.4. The Morgan fingerprint density at radius 3 is 2.57 bits per heavy atom. The van der Waals surface area contributed by atoms with Gasteiger partial charge in [-0.05, 0) is 24.3 Å². The smallest absolute Gasteiger partial charge is 0.0698 e. The summed E-state index contributed by atoms with van der Waals surface area (Å²) < 4.78 is 5.13. The Morgan fingerprint density at radius 1 is 1.21 bits per heavy atom. The number of aliphatic hydroxyl groups excluding tert-OH is 1. The van der Waals surface area contributed by atoms with Crippen molar-refractivity contribution < 1.29 is 9.84 Å². The van der Waals surface area contributed by atoms with Crippen molar-refractivity contribution in [2.75, 3.05) is 25.6 Å². The van der Waals surface area contributed by atoms with Crippen molar-refractivity contribution in [2.24, 2.45) is 0 Å². The molecule has 0 aliphatic carbocycles. The van der Waals surface area contributed by atoms with Gasteiger partial charge in [0.2, 0.25) is 0 Å². The molecule has 0 saturated carbocycles. The zero-order chi connectivity index (χ0) is 10.2. The van der Waals surface area contributed by atoms with E-state index in [4.69, 9.17) is 21.4 Å². The van der Waals surface area contributed by atoms with Crippen molar-refractivity contribution in [1.82, 2.24) is 0 Å². The lowest BCUT2D eigenvalue weighted by molar-refractivity contribution is 0.103. The Morgan fingerprint density at radius 2 is 1.93 bits per heavy atom. The maximum Gasteiger partial charge on any atom is 0.0698 e. The summed E-state index contributed by atoms with van der Waals surface area (Å²) >= 11 is 7.47.